The van der Waals surface area contributed by atoms with Crippen LogP contribution in [0.4, 0.5) is 0 Å². The smallest absolute Gasteiger partial charge is 0.306 e. The average Bonchev–Trinajstić information content (AvgIpc) is 3.27. The third-order valence-corrected chi connectivity index (χ3v) is 7.51. The number of aliphatic hydroxyl groups excluding tert-OH is 1. The number of esters is 1. The molecule has 1 aliphatic rings. The molecule has 198 valence electrons. The minimum atomic E-state index is -0.587. The molecule has 36 heavy (non-hydrogen) atoms. The minimum absolute atomic E-state index is 0.182. The van der Waals surface area contributed by atoms with E-state index in [4.69, 9.17) is 32.7 Å². The lowest BCUT2D eigenvalue weighted by molar-refractivity contribution is -0.143. The van der Waals surface area contributed by atoms with Gasteiger partial charge < -0.3 is 14.6 Å². The number of β-amino-alcohol motifs (C(OH)–C–C–N with tert-alkyl or cyclic N) is 1. The van der Waals surface area contributed by atoms with Crippen LogP contribution in [-0.2, 0) is 27.1 Å². The summed E-state index contributed by atoms with van der Waals surface area (Å²) in [5, 5.41) is 12.3. The Balaban J connectivity index is 1.56. The second-order valence-corrected chi connectivity index (χ2v) is 10.5. The summed E-state index contributed by atoms with van der Waals surface area (Å²) in [5.41, 5.74) is 4.31. The predicted molar refractivity (Wildman–Crippen MR) is 146 cm³/mol. The summed E-state index contributed by atoms with van der Waals surface area (Å²) in [7, 11) is 0. The van der Waals surface area contributed by atoms with E-state index in [0.29, 0.717) is 37.1 Å². The number of aliphatic hydroxyl groups is 1. The lowest BCUT2D eigenvalue weighted by Crippen LogP contribution is -2.39. The SMILES string of the molecule is CCOC(=O)CCc1cc(Cl)ccc1[C@@H](CC)OC[C@H](O)CN1CCC[C@H]1Cc1ccc(C)c(Cl)c1. The largest absolute Gasteiger partial charge is 0.466 e. The van der Waals surface area contributed by atoms with E-state index in [-0.39, 0.29) is 18.7 Å². The third kappa shape index (κ3) is 8.46. The molecule has 0 bridgehead atoms. The lowest BCUT2D eigenvalue weighted by atomic mass is 9.97. The molecule has 1 N–H and O–H groups in total. The number of hydrogen-bond donors (Lipinski definition) is 1. The first kappa shape index (κ1) is 28.9. The van der Waals surface area contributed by atoms with Crippen LogP contribution in [0.1, 0.15) is 67.9 Å². The standard InChI is InChI=1S/C29H39Cl2NO4/c1-4-28(26-12-11-23(30)17-22(26)10-13-29(34)35-5-2)36-19-25(33)18-32-14-6-7-24(32)15-21-9-8-20(3)27(31)16-21/h8-9,11-12,16-17,24-25,28,33H,4-7,10,13-15,18-19H2,1-3H3/t24-,25+,28+/m0/s1. The van der Waals surface area contributed by atoms with Gasteiger partial charge in [0.25, 0.3) is 0 Å². The zero-order valence-electron chi connectivity index (χ0n) is 21.6. The third-order valence-electron chi connectivity index (χ3n) is 6.87. The van der Waals surface area contributed by atoms with Gasteiger partial charge in [-0.25, -0.2) is 0 Å². The zero-order valence-corrected chi connectivity index (χ0v) is 23.2. The van der Waals surface area contributed by atoms with Gasteiger partial charge in [0.1, 0.15) is 0 Å². The van der Waals surface area contributed by atoms with Crippen LogP contribution in [0.25, 0.3) is 0 Å². The molecule has 7 heteroatoms. The van der Waals surface area contributed by atoms with Crippen molar-refractivity contribution in [2.45, 2.75) is 77.5 Å². The first-order chi connectivity index (χ1) is 17.3. The summed E-state index contributed by atoms with van der Waals surface area (Å²) >= 11 is 12.6. The molecule has 0 aromatic heterocycles. The Morgan fingerprint density at radius 1 is 1.19 bits per heavy atom. The fraction of sp³-hybridized carbons (Fsp3) is 0.552. The Morgan fingerprint density at radius 2 is 2.00 bits per heavy atom. The Kier molecular flexibility index (Phi) is 11.5. The summed E-state index contributed by atoms with van der Waals surface area (Å²) in [6, 6.07) is 12.4. The molecule has 0 amide bonds. The summed E-state index contributed by atoms with van der Waals surface area (Å²) < 4.78 is 11.3. The van der Waals surface area contributed by atoms with Gasteiger partial charge in [-0.1, -0.05) is 48.3 Å². The van der Waals surface area contributed by atoms with Crippen LogP contribution < -0.4 is 0 Å². The minimum Gasteiger partial charge on any atom is -0.466 e. The van der Waals surface area contributed by atoms with Gasteiger partial charge in [-0.3, -0.25) is 9.69 Å². The van der Waals surface area contributed by atoms with Gasteiger partial charge in [-0.15, -0.1) is 0 Å². The van der Waals surface area contributed by atoms with Crippen molar-refractivity contribution in [1.29, 1.82) is 0 Å². The van der Waals surface area contributed by atoms with Crippen molar-refractivity contribution in [3.63, 3.8) is 0 Å². The molecule has 1 saturated heterocycles. The van der Waals surface area contributed by atoms with Crippen LogP contribution in [-0.4, -0.2) is 54.4 Å². The normalized spacial score (nSPS) is 17.8. The molecule has 0 spiro atoms. The van der Waals surface area contributed by atoms with Crippen LogP contribution >= 0.6 is 23.2 Å². The van der Waals surface area contributed by atoms with Gasteiger partial charge in [-0.2, -0.15) is 0 Å². The van der Waals surface area contributed by atoms with Gasteiger partial charge in [0, 0.05) is 29.1 Å². The van der Waals surface area contributed by atoms with Crippen LogP contribution in [0.15, 0.2) is 36.4 Å². The van der Waals surface area contributed by atoms with Crippen molar-refractivity contribution < 1.29 is 19.4 Å². The second-order valence-electron chi connectivity index (χ2n) is 9.61. The van der Waals surface area contributed by atoms with Gasteiger partial charge >= 0.3 is 5.97 Å². The molecule has 5 nitrogen and oxygen atoms in total. The number of aryl methyl sites for hydroxylation is 2. The predicted octanol–water partition coefficient (Wildman–Crippen LogP) is 6.33. The maximum absolute atomic E-state index is 11.9. The monoisotopic (exact) mass is 535 g/mol. The maximum Gasteiger partial charge on any atom is 0.306 e. The van der Waals surface area contributed by atoms with Crippen LogP contribution in [0.5, 0.6) is 0 Å². The number of rotatable bonds is 13. The molecule has 1 aliphatic heterocycles. The van der Waals surface area contributed by atoms with E-state index < -0.39 is 6.10 Å². The van der Waals surface area contributed by atoms with Crippen molar-refractivity contribution in [3.05, 3.63) is 68.7 Å². The van der Waals surface area contributed by atoms with Gasteiger partial charge in [0.05, 0.1) is 25.4 Å². The summed E-state index contributed by atoms with van der Waals surface area (Å²) in [6.07, 6.45) is 3.99. The number of carbonyl (C=O) groups excluding carboxylic acids is 1. The van der Waals surface area contributed by atoms with Gasteiger partial charge in [0.2, 0.25) is 0 Å². The molecule has 0 unspecified atom stereocenters. The van der Waals surface area contributed by atoms with Crippen molar-refractivity contribution in [3.8, 4) is 0 Å². The average molecular weight is 537 g/mol. The fourth-order valence-electron chi connectivity index (χ4n) is 4.96. The number of halogens is 2. The molecule has 3 rings (SSSR count). The first-order valence-corrected chi connectivity index (χ1v) is 13.8. The first-order valence-electron chi connectivity index (χ1n) is 13.0. The molecule has 2 aromatic carbocycles. The molecule has 1 heterocycles. The molecular formula is C29H39Cl2NO4. The van der Waals surface area contributed by atoms with E-state index in [1.165, 1.54) is 5.56 Å². The van der Waals surface area contributed by atoms with E-state index in [1.807, 2.05) is 25.1 Å². The highest BCUT2D eigenvalue weighted by Crippen LogP contribution is 2.29. The molecule has 1 fully saturated rings. The highest BCUT2D eigenvalue weighted by atomic mass is 35.5. The van der Waals surface area contributed by atoms with Crippen LogP contribution in [0.2, 0.25) is 10.0 Å². The number of benzene rings is 2. The summed E-state index contributed by atoms with van der Waals surface area (Å²) in [4.78, 5) is 14.2. The Labute approximate surface area is 225 Å². The van der Waals surface area contributed by atoms with Crippen LogP contribution in [0, 0.1) is 6.92 Å². The number of nitrogens with zero attached hydrogens (tertiary/aromatic N) is 1. The second kappa shape index (κ2) is 14.3. The molecule has 0 aliphatic carbocycles. The number of carbonyl (C=O) groups is 1. The highest BCUT2D eigenvalue weighted by Gasteiger charge is 2.27. The molecule has 3 atom stereocenters. The van der Waals surface area contributed by atoms with E-state index in [1.54, 1.807) is 6.92 Å². The van der Waals surface area contributed by atoms with Crippen molar-refractivity contribution in [2.24, 2.45) is 0 Å². The summed E-state index contributed by atoms with van der Waals surface area (Å²) in [6.45, 7) is 8.06. The lowest BCUT2D eigenvalue weighted by Gasteiger charge is -2.28. The molecule has 2 aromatic rings. The number of hydrogen-bond acceptors (Lipinski definition) is 5. The van der Waals surface area contributed by atoms with Gasteiger partial charge in [0.15, 0.2) is 0 Å². The Morgan fingerprint density at radius 3 is 2.72 bits per heavy atom. The van der Waals surface area contributed by atoms with Crippen molar-refractivity contribution in [1.82, 2.24) is 4.90 Å². The van der Waals surface area contributed by atoms with Crippen molar-refractivity contribution in [2.75, 3.05) is 26.3 Å². The topological polar surface area (TPSA) is 59.0 Å². The van der Waals surface area contributed by atoms with E-state index in [9.17, 15) is 9.90 Å². The van der Waals surface area contributed by atoms with Crippen molar-refractivity contribution >= 4 is 29.2 Å². The quantitative estimate of drug-likeness (QED) is 0.303. The number of likely N-dealkylation sites (tertiary alicyclic amines) is 1. The highest BCUT2D eigenvalue weighted by molar-refractivity contribution is 6.31. The molecule has 0 saturated carbocycles. The maximum atomic E-state index is 11.9. The Bertz CT molecular complexity index is 999. The zero-order chi connectivity index (χ0) is 26.1. The Hall–Kier alpha value is -1.63. The van der Waals surface area contributed by atoms with Crippen LogP contribution in [0.3, 0.4) is 0 Å². The number of ether oxygens (including phenoxy) is 2. The van der Waals surface area contributed by atoms with E-state index in [2.05, 4.69) is 30.0 Å². The summed E-state index contributed by atoms with van der Waals surface area (Å²) in [5.74, 6) is -0.221. The van der Waals surface area contributed by atoms with E-state index in [0.717, 1.165) is 53.9 Å². The molecule has 0 radical (unpaired) electrons. The van der Waals surface area contributed by atoms with Gasteiger partial charge in [-0.05, 0) is 92.9 Å². The molecular weight excluding hydrogens is 497 g/mol. The fourth-order valence-corrected chi connectivity index (χ4v) is 5.35. The van der Waals surface area contributed by atoms with E-state index >= 15 is 0 Å².